The van der Waals surface area contributed by atoms with E-state index in [-0.39, 0.29) is 0 Å². The summed E-state index contributed by atoms with van der Waals surface area (Å²) in [4.78, 5) is 1.29. The summed E-state index contributed by atoms with van der Waals surface area (Å²) in [7, 11) is 0. The molecule has 82 valence electrons. The summed E-state index contributed by atoms with van der Waals surface area (Å²) in [6.45, 7) is 4.83. The standard InChI is InChI=1S/C13H14BFS/c1-9-6-7-16-13(9)12-5-4-11(14(3)15)8-10(12)2/h4-8H,1-3H3. The van der Waals surface area contributed by atoms with Crippen LogP contribution >= 0.6 is 11.3 Å². The summed E-state index contributed by atoms with van der Waals surface area (Å²) in [5.74, 6) is 0. The van der Waals surface area contributed by atoms with E-state index in [4.69, 9.17) is 0 Å². The highest BCUT2D eigenvalue weighted by molar-refractivity contribution is 7.13. The Hall–Kier alpha value is -1.09. The van der Waals surface area contributed by atoms with Gasteiger partial charge in [-0.05, 0) is 54.3 Å². The van der Waals surface area contributed by atoms with Crippen LogP contribution in [0.2, 0.25) is 6.82 Å². The van der Waals surface area contributed by atoms with E-state index in [0.29, 0.717) is 0 Å². The molecular formula is C13H14BFS. The van der Waals surface area contributed by atoms with Crippen LogP contribution in [0, 0.1) is 13.8 Å². The zero-order valence-electron chi connectivity index (χ0n) is 9.75. The van der Waals surface area contributed by atoms with E-state index in [0.717, 1.165) is 11.0 Å². The zero-order chi connectivity index (χ0) is 11.7. The third-order valence-corrected chi connectivity index (χ3v) is 3.87. The van der Waals surface area contributed by atoms with Crippen molar-refractivity contribution < 1.29 is 4.32 Å². The topological polar surface area (TPSA) is 0 Å². The largest absolute Gasteiger partial charge is 0.377 e. The van der Waals surface area contributed by atoms with Crippen LogP contribution in [-0.4, -0.2) is 6.99 Å². The first-order valence-electron chi connectivity index (χ1n) is 5.38. The molecule has 0 atom stereocenters. The maximum absolute atomic E-state index is 13.2. The van der Waals surface area contributed by atoms with E-state index >= 15 is 0 Å². The minimum atomic E-state index is -0.891. The summed E-state index contributed by atoms with van der Waals surface area (Å²) >= 11 is 1.74. The van der Waals surface area contributed by atoms with Crippen LogP contribution in [-0.2, 0) is 0 Å². The lowest BCUT2D eigenvalue weighted by atomic mass is 9.67. The molecule has 0 aliphatic heterocycles. The van der Waals surface area contributed by atoms with Crippen molar-refractivity contribution in [3.8, 4) is 10.4 Å². The van der Waals surface area contributed by atoms with Crippen LogP contribution in [0.25, 0.3) is 10.4 Å². The van der Waals surface area contributed by atoms with E-state index in [1.807, 2.05) is 25.1 Å². The van der Waals surface area contributed by atoms with E-state index in [9.17, 15) is 4.32 Å². The van der Waals surface area contributed by atoms with Crippen molar-refractivity contribution >= 4 is 23.8 Å². The molecule has 1 aromatic carbocycles. The number of halogens is 1. The molecule has 0 radical (unpaired) electrons. The van der Waals surface area contributed by atoms with Crippen LogP contribution in [0.15, 0.2) is 29.6 Å². The highest BCUT2D eigenvalue weighted by Gasteiger charge is 2.12. The van der Waals surface area contributed by atoms with Gasteiger partial charge in [-0.15, -0.1) is 11.3 Å². The maximum Gasteiger partial charge on any atom is 0.377 e. The second kappa shape index (κ2) is 4.42. The molecule has 0 saturated carbocycles. The average Bonchev–Trinajstić information content (AvgIpc) is 2.64. The molecule has 0 aliphatic carbocycles. The van der Waals surface area contributed by atoms with Gasteiger partial charge in [0, 0.05) is 4.88 Å². The van der Waals surface area contributed by atoms with Crippen LogP contribution < -0.4 is 5.46 Å². The lowest BCUT2D eigenvalue weighted by molar-refractivity contribution is 0.856. The molecule has 0 spiro atoms. The van der Waals surface area contributed by atoms with Crippen LogP contribution in [0.3, 0.4) is 0 Å². The quantitative estimate of drug-likeness (QED) is 0.690. The van der Waals surface area contributed by atoms with E-state index in [2.05, 4.69) is 18.4 Å². The van der Waals surface area contributed by atoms with Crippen LogP contribution in [0.1, 0.15) is 11.1 Å². The second-order valence-electron chi connectivity index (χ2n) is 4.12. The average molecular weight is 232 g/mol. The second-order valence-corrected chi connectivity index (χ2v) is 5.04. The van der Waals surface area contributed by atoms with E-state index < -0.39 is 6.99 Å². The van der Waals surface area contributed by atoms with Gasteiger partial charge < -0.3 is 4.32 Å². The van der Waals surface area contributed by atoms with Crippen molar-refractivity contribution in [3.05, 3.63) is 40.8 Å². The van der Waals surface area contributed by atoms with E-state index in [1.54, 1.807) is 18.2 Å². The first kappa shape index (κ1) is 11.4. The fraction of sp³-hybridized carbons (Fsp3) is 0.231. The normalized spacial score (nSPS) is 10.5. The van der Waals surface area contributed by atoms with Gasteiger partial charge in [-0.3, -0.25) is 0 Å². The number of hydrogen-bond acceptors (Lipinski definition) is 1. The summed E-state index contributed by atoms with van der Waals surface area (Å²) < 4.78 is 13.2. The third-order valence-electron chi connectivity index (χ3n) is 2.82. The molecule has 1 aromatic heterocycles. The molecule has 3 heteroatoms. The first-order chi connectivity index (χ1) is 7.59. The Morgan fingerprint density at radius 1 is 1.12 bits per heavy atom. The maximum atomic E-state index is 13.2. The third kappa shape index (κ3) is 2.05. The zero-order valence-corrected chi connectivity index (χ0v) is 10.6. The summed E-state index contributed by atoms with van der Waals surface area (Å²) in [6, 6.07) is 7.97. The fourth-order valence-corrected chi connectivity index (χ4v) is 2.86. The highest BCUT2D eigenvalue weighted by Crippen LogP contribution is 2.30. The molecule has 0 fully saturated rings. The Morgan fingerprint density at radius 2 is 1.88 bits per heavy atom. The number of hydrogen-bond donors (Lipinski definition) is 0. The van der Waals surface area contributed by atoms with Crippen molar-refractivity contribution in [3.63, 3.8) is 0 Å². The van der Waals surface area contributed by atoms with Gasteiger partial charge in [0.15, 0.2) is 0 Å². The molecule has 0 N–H and O–H groups in total. The minimum Gasteiger partial charge on any atom is -0.330 e. The van der Waals surface area contributed by atoms with Gasteiger partial charge in [0.2, 0.25) is 0 Å². The predicted octanol–water partition coefficient (Wildman–Crippen LogP) is 3.83. The molecule has 16 heavy (non-hydrogen) atoms. The summed E-state index contributed by atoms with van der Waals surface area (Å²) in [5.41, 5.74) is 4.41. The van der Waals surface area contributed by atoms with Gasteiger partial charge in [0.1, 0.15) is 0 Å². The smallest absolute Gasteiger partial charge is 0.330 e. The molecule has 0 amide bonds. The molecule has 0 nitrogen and oxygen atoms in total. The summed E-state index contributed by atoms with van der Waals surface area (Å²) in [5, 5.41) is 2.09. The lowest BCUT2D eigenvalue weighted by Crippen LogP contribution is -2.21. The SMILES string of the molecule is CB(F)c1ccc(-c2sccc2C)c(C)c1. The van der Waals surface area contributed by atoms with E-state index in [1.165, 1.54) is 16.0 Å². The van der Waals surface area contributed by atoms with Crippen molar-refractivity contribution in [2.45, 2.75) is 20.7 Å². The predicted molar refractivity (Wildman–Crippen MR) is 71.6 cm³/mol. The van der Waals surface area contributed by atoms with Gasteiger partial charge in [0.05, 0.1) is 0 Å². The molecule has 0 bridgehead atoms. The lowest BCUT2D eigenvalue weighted by Gasteiger charge is -2.07. The molecular weight excluding hydrogens is 218 g/mol. The van der Waals surface area contributed by atoms with Gasteiger partial charge in [0.25, 0.3) is 0 Å². The Balaban J connectivity index is 2.48. The van der Waals surface area contributed by atoms with Gasteiger partial charge in [-0.2, -0.15) is 0 Å². The Labute approximate surface area is 100 Å². The van der Waals surface area contributed by atoms with Crippen LogP contribution in [0.5, 0.6) is 0 Å². The Kier molecular flexibility index (Phi) is 3.15. The summed E-state index contributed by atoms with van der Waals surface area (Å²) in [6.07, 6.45) is 0. The molecule has 1 heterocycles. The number of rotatable bonds is 2. The van der Waals surface area contributed by atoms with Crippen molar-refractivity contribution in [2.24, 2.45) is 0 Å². The van der Waals surface area contributed by atoms with Gasteiger partial charge >= 0.3 is 6.99 Å². The van der Waals surface area contributed by atoms with Crippen molar-refractivity contribution in [1.82, 2.24) is 0 Å². The first-order valence-corrected chi connectivity index (χ1v) is 6.26. The molecule has 0 unspecified atom stereocenters. The molecule has 0 saturated heterocycles. The van der Waals surface area contributed by atoms with Gasteiger partial charge in [-0.25, -0.2) is 0 Å². The fourth-order valence-electron chi connectivity index (χ4n) is 1.84. The monoisotopic (exact) mass is 232 g/mol. The highest BCUT2D eigenvalue weighted by atomic mass is 32.1. The number of aryl methyl sites for hydroxylation is 2. The van der Waals surface area contributed by atoms with Crippen molar-refractivity contribution in [1.29, 1.82) is 0 Å². The molecule has 2 rings (SSSR count). The van der Waals surface area contributed by atoms with Crippen molar-refractivity contribution in [2.75, 3.05) is 0 Å². The molecule has 2 aromatic rings. The van der Waals surface area contributed by atoms with Gasteiger partial charge in [-0.1, -0.05) is 18.2 Å². The Bertz CT molecular complexity index is 502. The Morgan fingerprint density at radius 3 is 2.38 bits per heavy atom. The number of thiophene rings is 1. The van der Waals surface area contributed by atoms with Crippen LogP contribution in [0.4, 0.5) is 4.32 Å². The minimum absolute atomic E-state index is 0.760. The number of benzene rings is 1. The molecule has 0 aliphatic rings.